The van der Waals surface area contributed by atoms with E-state index in [-0.39, 0.29) is 11.8 Å². The van der Waals surface area contributed by atoms with Gasteiger partial charge in [-0.3, -0.25) is 9.78 Å². The van der Waals surface area contributed by atoms with Crippen LogP contribution in [0.25, 0.3) is 0 Å². The van der Waals surface area contributed by atoms with Crippen molar-refractivity contribution in [3.63, 3.8) is 0 Å². The van der Waals surface area contributed by atoms with Gasteiger partial charge in [-0.15, -0.1) is 0 Å². The summed E-state index contributed by atoms with van der Waals surface area (Å²) >= 11 is 3.48. The van der Waals surface area contributed by atoms with E-state index in [2.05, 4.69) is 25.8 Å². The zero-order valence-corrected chi connectivity index (χ0v) is 10.5. The minimum atomic E-state index is -0.173. The molecule has 1 aliphatic rings. The predicted molar refractivity (Wildman–Crippen MR) is 66.1 cm³/mol. The van der Waals surface area contributed by atoms with E-state index in [9.17, 15) is 4.79 Å². The molecule has 1 aliphatic heterocycles. The number of pyridine rings is 1. The summed E-state index contributed by atoms with van der Waals surface area (Å²) in [6.07, 6.45) is 5.24. The van der Waals surface area contributed by atoms with Crippen LogP contribution in [0.3, 0.4) is 0 Å². The molecule has 0 aromatic carbocycles. The van der Waals surface area contributed by atoms with Crippen molar-refractivity contribution in [1.29, 1.82) is 0 Å². The van der Waals surface area contributed by atoms with Gasteiger partial charge in [0.15, 0.2) is 0 Å². The average Bonchev–Trinajstić information content (AvgIpc) is 2.30. The molecule has 2 heterocycles. The Bertz CT molecular complexity index is 389. The monoisotopic (exact) mass is 283 g/mol. The minimum Gasteiger partial charge on any atom is -0.370 e. The fraction of sp³-hybridized carbons (Fsp3) is 0.455. The molecule has 0 atom stereocenters. The van der Waals surface area contributed by atoms with Crippen LogP contribution in [0.1, 0.15) is 12.8 Å². The van der Waals surface area contributed by atoms with Crippen LogP contribution in [0.15, 0.2) is 22.9 Å². The lowest BCUT2D eigenvalue weighted by atomic mass is 9.96. The predicted octanol–water partition coefficient (Wildman–Crippen LogP) is 1.55. The van der Waals surface area contributed by atoms with Gasteiger partial charge in [0.1, 0.15) is 0 Å². The third-order valence-electron chi connectivity index (χ3n) is 2.99. The van der Waals surface area contributed by atoms with Crippen molar-refractivity contribution in [2.24, 2.45) is 11.7 Å². The number of aromatic nitrogens is 1. The molecule has 2 rings (SSSR count). The first-order valence-electron chi connectivity index (χ1n) is 5.32. The number of amides is 1. The molecule has 0 spiro atoms. The molecular weight excluding hydrogens is 270 g/mol. The van der Waals surface area contributed by atoms with Crippen molar-refractivity contribution in [2.45, 2.75) is 12.8 Å². The number of piperidine rings is 1. The third kappa shape index (κ3) is 2.35. The van der Waals surface area contributed by atoms with Gasteiger partial charge in [-0.25, -0.2) is 0 Å². The molecule has 5 heteroatoms. The van der Waals surface area contributed by atoms with Crippen molar-refractivity contribution >= 4 is 27.5 Å². The topological polar surface area (TPSA) is 59.2 Å². The summed E-state index contributed by atoms with van der Waals surface area (Å²) in [4.78, 5) is 17.3. The lowest BCUT2D eigenvalue weighted by molar-refractivity contribution is -0.122. The van der Waals surface area contributed by atoms with Crippen LogP contribution >= 0.6 is 15.9 Å². The Hall–Kier alpha value is -1.10. The van der Waals surface area contributed by atoms with Gasteiger partial charge in [0.25, 0.3) is 0 Å². The number of anilines is 1. The molecule has 0 saturated carbocycles. The molecule has 1 aromatic heterocycles. The third-order valence-corrected chi connectivity index (χ3v) is 3.60. The second kappa shape index (κ2) is 4.82. The second-order valence-corrected chi connectivity index (χ2v) is 4.85. The van der Waals surface area contributed by atoms with Crippen molar-refractivity contribution in [3.05, 3.63) is 22.9 Å². The number of primary amides is 1. The molecule has 1 fully saturated rings. The zero-order valence-electron chi connectivity index (χ0n) is 8.90. The van der Waals surface area contributed by atoms with E-state index >= 15 is 0 Å². The molecule has 1 aromatic rings. The van der Waals surface area contributed by atoms with Gasteiger partial charge in [0.05, 0.1) is 10.2 Å². The van der Waals surface area contributed by atoms with Gasteiger partial charge in [0, 0.05) is 31.4 Å². The van der Waals surface area contributed by atoms with Crippen molar-refractivity contribution in [1.82, 2.24) is 4.98 Å². The van der Waals surface area contributed by atoms with E-state index in [0.29, 0.717) is 0 Å². The lowest BCUT2D eigenvalue weighted by Crippen LogP contribution is -2.38. The average molecular weight is 284 g/mol. The summed E-state index contributed by atoms with van der Waals surface area (Å²) in [5.74, 6) is -0.134. The van der Waals surface area contributed by atoms with Gasteiger partial charge in [-0.05, 0) is 34.8 Å². The molecule has 0 unspecified atom stereocenters. The molecule has 1 saturated heterocycles. The molecule has 0 bridgehead atoms. The van der Waals surface area contributed by atoms with Crippen LogP contribution in [0.5, 0.6) is 0 Å². The SMILES string of the molecule is NC(=O)C1CCN(c2ccncc2Br)CC1. The Balaban J connectivity index is 2.05. The van der Waals surface area contributed by atoms with E-state index in [1.807, 2.05) is 6.07 Å². The molecule has 0 aliphatic carbocycles. The fourth-order valence-corrected chi connectivity index (χ4v) is 2.53. The molecule has 16 heavy (non-hydrogen) atoms. The van der Waals surface area contributed by atoms with E-state index in [1.165, 1.54) is 0 Å². The van der Waals surface area contributed by atoms with Gasteiger partial charge in [-0.2, -0.15) is 0 Å². The van der Waals surface area contributed by atoms with Gasteiger partial charge < -0.3 is 10.6 Å². The Labute approximate surface area is 103 Å². The standard InChI is InChI=1S/C11H14BrN3O/c12-9-7-14-4-1-10(9)15-5-2-8(3-6-15)11(13)16/h1,4,7-8H,2-3,5-6H2,(H2,13,16). The van der Waals surface area contributed by atoms with Crippen LogP contribution in [-0.2, 0) is 4.79 Å². The van der Waals surface area contributed by atoms with Crippen molar-refractivity contribution in [2.75, 3.05) is 18.0 Å². The maximum absolute atomic E-state index is 11.0. The first-order valence-corrected chi connectivity index (χ1v) is 6.11. The van der Waals surface area contributed by atoms with Gasteiger partial charge in [0.2, 0.25) is 5.91 Å². The van der Waals surface area contributed by atoms with Crippen LogP contribution in [-0.4, -0.2) is 24.0 Å². The Morgan fingerprint density at radius 1 is 1.50 bits per heavy atom. The first kappa shape index (κ1) is 11.4. The molecule has 0 radical (unpaired) electrons. The number of nitrogens with two attached hydrogens (primary N) is 1. The maximum Gasteiger partial charge on any atom is 0.220 e. The Kier molecular flexibility index (Phi) is 3.43. The number of hydrogen-bond donors (Lipinski definition) is 1. The van der Waals surface area contributed by atoms with Crippen LogP contribution in [0.4, 0.5) is 5.69 Å². The fourth-order valence-electron chi connectivity index (χ4n) is 2.03. The van der Waals surface area contributed by atoms with E-state index < -0.39 is 0 Å². The number of halogens is 1. The number of carbonyl (C=O) groups is 1. The quantitative estimate of drug-likeness (QED) is 0.896. The Morgan fingerprint density at radius 3 is 2.75 bits per heavy atom. The summed E-state index contributed by atoms with van der Waals surface area (Å²) in [5, 5.41) is 0. The highest BCUT2D eigenvalue weighted by molar-refractivity contribution is 9.10. The van der Waals surface area contributed by atoms with Gasteiger partial charge >= 0.3 is 0 Å². The van der Waals surface area contributed by atoms with Crippen molar-refractivity contribution < 1.29 is 4.79 Å². The summed E-state index contributed by atoms with van der Waals surface area (Å²) in [6, 6.07) is 1.98. The summed E-state index contributed by atoms with van der Waals surface area (Å²) in [7, 11) is 0. The summed E-state index contributed by atoms with van der Waals surface area (Å²) in [5.41, 5.74) is 6.44. The van der Waals surface area contributed by atoms with E-state index in [1.54, 1.807) is 12.4 Å². The van der Waals surface area contributed by atoms with E-state index in [4.69, 9.17) is 5.73 Å². The summed E-state index contributed by atoms with van der Waals surface area (Å²) < 4.78 is 0.993. The van der Waals surface area contributed by atoms with E-state index in [0.717, 1.165) is 36.1 Å². The molecule has 2 N–H and O–H groups in total. The first-order chi connectivity index (χ1) is 7.68. The van der Waals surface area contributed by atoms with Crippen molar-refractivity contribution in [3.8, 4) is 0 Å². The highest BCUT2D eigenvalue weighted by atomic mass is 79.9. The molecule has 86 valence electrons. The number of rotatable bonds is 2. The smallest absolute Gasteiger partial charge is 0.220 e. The zero-order chi connectivity index (χ0) is 11.5. The molecule has 1 amide bonds. The van der Waals surface area contributed by atoms with Gasteiger partial charge in [-0.1, -0.05) is 0 Å². The van der Waals surface area contributed by atoms with Crippen LogP contribution in [0, 0.1) is 5.92 Å². The molecule has 4 nitrogen and oxygen atoms in total. The number of hydrogen-bond acceptors (Lipinski definition) is 3. The maximum atomic E-state index is 11.0. The molecular formula is C11H14BrN3O. The van der Waals surface area contributed by atoms with Crippen LogP contribution < -0.4 is 10.6 Å². The lowest BCUT2D eigenvalue weighted by Gasteiger charge is -2.32. The highest BCUT2D eigenvalue weighted by Crippen LogP contribution is 2.28. The Morgan fingerprint density at radius 2 is 2.19 bits per heavy atom. The minimum absolute atomic E-state index is 0.0388. The number of nitrogens with zero attached hydrogens (tertiary/aromatic N) is 2. The largest absolute Gasteiger partial charge is 0.370 e. The van der Waals surface area contributed by atoms with Crippen LogP contribution in [0.2, 0.25) is 0 Å². The highest BCUT2D eigenvalue weighted by Gasteiger charge is 2.23. The second-order valence-electron chi connectivity index (χ2n) is 3.99. The summed E-state index contributed by atoms with van der Waals surface area (Å²) in [6.45, 7) is 1.74. The number of carbonyl (C=O) groups excluding carboxylic acids is 1. The normalized spacial score (nSPS) is 17.4.